The first-order chi connectivity index (χ1) is 8.15. The standard InChI is InChI=1S/C12H21NO4/c1-13(8-11(14)15-2)10-3-5-17-12(7-10)4-6-16-9-12/h10H,3-9H2,1-2H3. The monoisotopic (exact) mass is 243 g/mol. The Morgan fingerprint density at radius 3 is 3.00 bits per heavy atom. The molecule has 2 aliphatic rings. The first kappa shape index (κ1) is 12.8. The van der Waals surface area contributed by atoms with E-state index in [9.17, 15) is 4.79 Å². The van der Waals surface area contributed by atoms with Crippen molar-refractivity contribution in [3.05, 3.63) is 0 Å². The lowest BCUT2D eigenvalue weighted by Crippen LogP contribution is -2.49. The second-order valence-electron chi connectivity index (χ2n) is 4.97. The number of hydrogen-bond acceptors (Lipinski definition) is 5. The molecule has 0 aromatic rings. The largest absolute Gasteiger partial charge is 0.468 e. The van der Waals surface area contributed by atoms with Crippen molar-refractivity contribution in [1.82, 2.24) is 4.90 Å². The van der Waals surface area contributed by atoms with E-state index in [1.54, 1.807) is 0 Å². The molecule has 0 aromatic heterocycles. The van der Waals surface area contributed by atoms with Gasteiger partial charge < -0.3 is 14.2 Å². The fourth-order valence-electron chi connectivity index (χ4n) is 2.64. The van der Waals surface area contributed by atoms with E-state index in [-0.39, 0.29) is 11.6 Å². The summed E-state index contributed by atoms with van der Waals surface area (Å²) >= 11 is 0. The quantitative estimate of drug-likeness (QED) is 0.673. The highest BCUT2D eigenvalue weighted by atomic mass is 16.6. The van der Waals surface area contributed by atoms with Gasteiger partial charge in [0, 0.05) is 25.7 Å². The number of carbonyl (C=O) groups is 1. The summed E-state index contributed by atoms with van der Waals surface area (Å²) < 4.78 is 16.0. The fraction of sp³-hybridized carbons (Fsp3) is 0.917. The van der Waals surface area contributed by atoms with Crippen LogP contribution in [0.15, 0.2) is 0 Å². The Morgan fingerprint density at radius 2 is 2.35 bits per heavy atom. The number of likely N-dealkylation sites (N-methyl/N-ethyl adjacent to an activating group) is 1. The van der Waals surface area contributed by atoms with Gasteiger partial charge >= 0.3 is 5.97 Å². The molecule has 2 heterocycles. The molecule has 0 N–H and O–H groups in total. The second kappa shape index (κ2) is 5.33. The Labute approximate surface area is 102 Å². The van der Waals surface area contributed by atoms with Crippen molar-refractivity contribution in [3.63, 3.8) is 0 Å². The molecule has 2 aliphatic heterocycles. The molecule has 0 aliphatic carbocycles. The lowest BCUT2D eigenvalue weighted by Gasteiger charge is -2.40. The number of ether oxygens (including phenoxy) is 3. The molecule has 0 amide bonds. The van der Waals surface area contributed by atoms with Crippen LogP contribution in [0.3, 0.4) is 0 Å². The van der Waals surface area contributed by atoms with Crippen LogP contribution in [-0.2, 0) is 19.0 Å². The molecule has 5 nitrogen and oxygen atoms in total. The molecular weight excluding hydrogens is 222 g/mol. The fourth-order valence-corrected chi connectivity index (χ4v) is 2.64. The van der Waals surface area contributed by atoms with Crippen LogP contribution in [0.4, 0.5) is 0 Å². The van der Waals surface area contributed by atoms with Gasteiger partial charge in [-0.25, -0.2) is 0 Å². The van der Waals surface area contributed by atoms with Crippen molar-refractivity contribution in [2.24, 2.45) is 0 Å². The minimum Gasteiger partial charge on any atom is -0.468 e. The maximum atomic E-state index is 11.3. The number of rotatable bonds is 3. The van der Waals surface area contributed by atoms with Gasteiger partial charge in [-0.15, -0.1) is 0 Å². The Kier molecular flexibility index (Phi) is 4.01. The van der Waals surface area contributed by atoms with Crippen molar-refractivity contribution in [3.8, 4) is 0 Å². The SMILES string of the molecule is COC(=O)CN(C)C1CCOC2(CCOC2)C1. The van der Waals surface area contributed by atoms with Gasteiger partial charge in [-0.05, 0) is 19.9 Å². The minimum absolute atomic E-state index is 0.104. The average Bonchev–Trinajstić information content (AvgIpc) is 2.77. The summed E-state index contributed by atoms with van der Waals surface area (Å²) in [5.74, 6) is -0.185. The summed E-state index contributed by atoms with van der Waals surface area (Å²) in [6.45, 7) is 2.57. The van der Waals surface area contributed by atoms with E-state index in [4.69, 9.17) is 14.2 Å². The van der Waals surface area contributed by atoms with E-state index in [1.165, 1.54) is 7.11 Å². The van der Waals surface area contributed by atoms with Crippen LogP contribution in [0.2, 0.25) is 0 Å². The third-order valence-electron chi connectivity index (χ3n) is 3.76. The Hall–Kier alpha value is -0.650. The predicted octanol–water partition coefficient (Wildman–Crippen LogP) is 0.429. The highest BCUT2D eigenvalue weighted by molar-refractivity contribution is 5.71. The number of carbonyl (C=O) groups excluding carboxylic acids is 1. The summed E-state index contributed by atoms with van der Waals surface area (Å²) in [5, 5.41) is 0. The Bertz CT molecular complexity index is 276. The molecular formula is C12H21NO4. The van der Waals surface area contributed by atoms with Gasteiger partial charge in [0.2, 0.25) is 0 Å². The summed E-state index contributed by atoms with van der Waals surface area (Å²) in [6, 6.07) is 0.379. The first-order valence-corrected chi connectivity index (χ1v) is 6.14. The number of esters is 1. The number of hydrogen-bond donors (Lipinski definition) is 0. The molecule has 0 aromatic carbocycles. The van der Waals surface area contributed by atoms with Gasteiger partial charge in [-0.3, -0.25) is 9.69 Å². The van der Waals surface area contributed by atoms with Gasteiger partial charge in [0.1, 0.15) is 0 Å². The van der Waals surface area contributed by atoms with Crippen molar-refractivity contribution in [1.29, 1.82) is 0 Å². The number of methoxy groups -OCH3 is 1. The normalized spacial score (nSPS) is 33.2. The molecule has 0 radical (unpaired) electrons. The van der Waals surface area contributed by atoms with Crippen LogP contribution >= 0.6 is 0 Å². The molecule has 2 saturated heterocycles. The van der Waals surface area contributed by atoms with Crippen molar-refractivity contribution in [2.45, 2.75) is 30.9 Å². The molecule has 2 atom stereocenters. The van der Waals surface area contributed by atoms with Crippen LogP contribution in [0, 0.1) is 0 Å². The molecule has 2 unspecified atom stereocenters. The highest BCUT2D eigenvalue weighted by Gasteiger charge is 2.42. The molecule has 0 bridgehead atoms. The summed E-state index contributed by atoms with van der Waals surface area (Å²) in [7, 11) is 3.39. The smallest absolute Gasteiger partial charge is 0.319 e. The van der Waals surface area contributed by atoms with E-state index in [1.807, 2.05) is 7.05 Å². The average molecular weight is 243 g/mol. The third kappa shape index (κ3) is 2.97. The molecule has 1 spiro atoms. The van der Waals surface area contributed by atoms with Crippen LogP contribution in [0.25, 0.3) is 0 Å². The van der Waals surface area contributed by atoms with Crippen molar-refractivity contribution < 1.29 is 19.0 Å². The van der Waals surface area contributed by atoms with Crippen LogP contribution in [0.5, 0.6) is 0 Å². The zero-order valence-corrected chi connectivity index (χ0v) is 10.6. The van der Waals surface area contributed by atoms with Crippen LogP contribution in [-0.4, -0.2) is 63.0 Å². The first-order valence-electron chi connectivity index (χ1n) is 6.14. The molecule has 17 heavy (non-hydrogen) atoms. The van der Waals surface area contributed by atoms with Gasteiger partial charge in [0.05, 0.1) is 25.9 Å². The van der Waals surface area contributed by atoms with Gasteiger partial charge in [-0.1, -0.05) is 0 Å². The summed E-state index contributed by atoms with van der Waals surface area (Å²) in [4.78, 5) is 13.3. The molecule has 5 heteroatoms. The van der Waals surface area contributed by atoms with E-state index in [0.717, 1.165) is 32.5 Å². The molecule has 2 fully saturated rings. The molecule has 98 valence electrons. The van der Waals surface area contributed by atoms with Crippen molar-refractivity contribution in [2.75, 3.05) is 40.5 Å². The number of nitrogens with zero attached hydrogens (tertiary/aromatic N) is 1. The third-order valence-corrected chi connectivity index (χ3v) is 3.76. The second-order valence-corrected chi connectivity index (χ2v) is 4.97. The maximum Gasteiger partial charge on any atom is 0.319 e. The minimum atomic E-state index is -0.185. The topological polar surface area (TPSA) is 48.0 Å². The summed E-state index contributed by atoms with van der Waals surface area (Å²) in [5.41, 5.74) is -0.104. The van der Waals surface area contributed by atoms with E-state index in [2.05, 4.69) is 4.90 Å². The van der Waals surface area contributed by atoms with Crippen molar-refractivity contribution >= 4 is 5.97 Å². The predicted molar refractivity (Wildman–Crippen MR) is 61.8 cm³/mol. The lowest BCUT2D eigenvalue weighted by molar-refractivity contribution is -0.144. The zero-order valence-electron chi connectivity index (χ0n) is 10.6. The molecule has 0 saturated carbocycles. The maximum absolute atomic E-state index is 11.3. The molecule has 2 rings (SSSR count). The van der Waals surface area contributed by atoms with Crippen LogP contribution < -0.4 is 0 Å². The Balaban J connectivity index is 1.90. The summed E-state index contributed by atoms with van der Waals surface area (Å²) in [6.07, 6.45) is 2.88. The van der Waals surface area contributed by atoms with E-state index in [0.29, 0.717) is 19.2 Å². The highest BCUT2D eigenvalue weighted by Crippen LogP contribution is 2.34. The Morgan fingerprint density at radius 1 is 1.53 bits per heavy atom. The van der Waals surface area contributed by atoms with Gasteiger partial charge in [-0.2, -0.15) is 0 Å². The van der Waals surface area contributed by atoms with Gasteiger partial charge in [0.15, 0.2) is 0 Å². The van der Waals surface area contributed by atoms with E-state index < -0.39 is 0 Å². The van der Waals surface area contributed by atoms with Crippen LogP contribution in [0.1, 0.15) is 19.3 Å². The van der Waals surface area contributed by atoms with Gasteiger partial charge in [0.25, 0.3) is 0 Å². The zero-order chi connectivity index (χ0) is 12.3. The van der Waals surface area contributed by atoms with E-state index >= 15 is 0 Å². The lowest BCUT2D eigenvalue weighted by atomic mass is 9.89.